The van der Waals surface area contributed by atoms with Gasteiger partial charge in [0.2, 0.25) is 0 Å². The summed E-state index contributed by atoms with van der Waals surface area (Å²) in [5.74, 6) is -0.964. The molecule has 0 aliphatic rings. The van der Waals surface area contributed by atoms with Crippen molar-refractivity contribution in [1.82, 2.24) is 0 Å². The molecule has 0 spiro atoms. The molecule has 0 amide bonds. The summed E-state index contributed by atoms with van der Waals surface area (Å²) in [6.45, 7) is 4.21. The van der Waals surface area contributed by atoms with Gasteiger partial charge in [-0.05, 0) is 19.4 Å². The second-order valence-corrected chi connectivity index (χ2v) is 3.74. The Kier molecular flexibility index (Phi) is 4.73. The highest BCUT2D eigenvalue weighted by molar-refractivity contribution is 5.74. The summed E-state index contributed by atoms with van der Waals surface area (Å²) in [6, 6.07) is 8.95. The molecular weight excluding hydrogens is 204 g/mol. The third kappa shape index (κ3) is 3.87. The standard InChI is InChI=1S/C13H16O3/c1-10(2)8-9-16-12(13(14)15)11-6-4-3-5-7-11/h3-8,12H,9H2,1-2H3,(H,14,15). The molecule has 3 heteroatoms. The van der Waals surface area contributed by atoms with Crippen molar-refractivity contribution < 1.29 is 14.6 Å². The van der Waals surface area contributed by atoms with Crippen molar-refractivity contribution >= 4 is 5.97 Å². The SMILES string of the molecule is CC(C)=CCOC(C(=O)O)c1ccccc1. The maximum atomic E-state index is 11.0. The maximum Gasteiger partial charge on any atom is 0.337 e. The number of benzene rings is 1. The first-order valence-electron chi connectivity index (χ1n) is 5.14. The summed E-state index contributed by atoms with van der Waals surface area (Å²) in [7, 11) is 0. The van der Waals surface area contributed by atoms with Gasteiger partial charge in [-0.3, -0.25) is 0 Å². The molecule has 1 atom stereocenters. The summed E-state index contributed by atoms with van der Waals surface area (Å²) in [4.78, 5) is 11.0. The third-order valence-electron chi connectivity index (χ3n) is 2.08. The lowest BCUT2D eigenvalue weighted by atomic mass is 10.1. The Balaban J connectivity index is 2.70. The van der Waals surface area contributed by atoms with Crippen LogP contribution in [0.2, 0.25) is 0 Å². The first-order valence-corrected chi connectivity index (χ1v) is 5.14. The van der Waals surface area contributed by atoms with Gasteiger partial charge in [0.25, 0.3) is 0 Å². The third-order valence-corrected chi connectivity index (χ3v) is 2.08. The van der Waals surface area contributed by atoms with E-state index in [2.05, 4.69) is 0 Å². The van der Waals surface area contributed by atoms with Crippen molar-refractivity contribution in [2.45, 2.75) is 20.0 Å². The molecule has 1 aromatic carbocycles. The number of ether oxygens (including phenoxy) is 1. The van der Waals surface area contributed by atoms with E-state index in [1.165, 1.54) is 0 Å². The molecule has 0 saturated carbocycles. The number of hydrogen-bond donors (Lipinski definition) is 1. The lowest BCUT2D eigenvalue weighted by molar-refractivity contribution is -0.150. The average molecular weight is 220 g/mol. The van der Waals surface area contributed by atoms with Crippen LogP contribution in [0.3, 0.4) is 0 Å². The van der Waals surface area contributed by atoms with Crippen molar-refractivity contribution in [1.29, 1.82) is 0 Å². The Hall–Kier alpha value is -1.61. The molecule has 3 nitrogen and oxygen atoms in total. The Labute approximate surface area is 95.4 Å². The predicted molar refractivity (Wildman–Crippen MR) is 62.2 cm³/mol. The molecule has 16 heavy (non-hydrogen) atoms. The molecule has 1 rings (SSSR count). The van der Waals surface area contributed by atoms with Crippen LogP contribution >= 0.6 is 0 Å². The van der Waals surface area contributed by atoms with Crippen LogP contribution in [0.4, 0.5) is 0 Å². The van der Waals surface area contributed by atoms with Crippen LogP contribution in [-0.4, -0.2) is 17.7 Å². The monoisotopic (exact) mass is 220 g/mol. The zero-order chi connectivity index (χ0) is 12.0. The number of rotatable bonds is 5. The second-order valence-electron chi connectivity index (χ2n) is 3.74. The first-order chi connectivity index (χ1) is 7.61. The molecule has 0 bridgehead atoms. The van der Waals surface area contributed by atoms with Gasteiger partial charge in [0.15, 0.2) is 6.10 Å². The molecule has 0 heterocycles. The van der Waals surface area contributed by atoms with Gasteiger partial charge < -0.3 is 9.84 Å². The smallest absolute Gasteiger partial charge is 0.337 e. The van der Waals surface area contributed by atoms with E-state index in [1.54, 1.807) is 24.3 Å². The molecule has 86 valence electrons. The molecular formula is C13H16O3. The quantitative estimate of drug-likeness (QED) is 0.776. The molecule has 0 aliphatic heterocycles. The average Bonchev–Trinajstić information content (AvgIpc) is 2.25. The topological polar surface area (TPSA) is 46.5 Å². The summed E-state index contributed by atoms with van der Waals surface area (Å²) in [5.41, 5.74) is 1.77. The number of allylic oxidation sites excluding steroid dienone is 1. The minimum Gasteiger partial charge on any atom is -0.479 e. The molecule has 1 aromatic rings. The minimum absolute atomic E-state index is 0.314. The Morgan fingerprint density at radius 1 is 1.38 bits per heavy atom. The van der Waals surface area contributed by atoms with Crippen molar-refractivity contribution in [2.75, 3.05) is 6.61 Å². The van der Waals surface area contributed by atoms with Crippen LogP contribution in [-0.2, 0) is 9.53 Å². The second kappa shape index (κ2) is 6.08. The number of carboxylic acids is 1. The Morgan fingerprint density at radius 2 is 2.00 bits per heavy atom. The van der Waals surface area contributed by atoms with Crippen LogP contribution in [0.25, 0.3) is 0 Å². The van der Waals surface area contributed by atoms with Gasteiger partial charge in [0.05, 0.1) is 6.61 Å². The fourth-order valence-corrected chi connectivity index (χ4v) is 1.25. The van der Waals surface area contributed by atoms with Crippen LogP contribution in [0, 0.1) is 0 Å². The number of carboxylic acid groups (broad SMARTS) is 1. The number of carbonyl (C=O) groups is 1. The number of aliphatic carboxylic acids is 1. The van der Waals surface area contributed by atoms with Gasteiger partial charge in [-0.1, -0.05) is 42.0 Å². The molecule has 0 fully saturated rings. The summed E-state index contributed by atoms with van der Waals surface area (Å²) < 4.78 is 5.32. The van der Waals surface area contributed by atoms with E-state index < -0.39 is 12.1 Å². The van der Waals surface area contributed by atoms with Gasteiger partial charge in [0.1, 0.15) is 0 Å². The fraction of sp³-hybridized carbons (Fsp3) is 0.308. The van der Waals surface area contributed by atoms with Crippen molar-refractivity contribution in [3.05, 3.63) is 47.5 Å². The van der Waals surface area contributed by atoms with Crippen molar-refractivity contribution in [3.8, 4) is 0 Å². The lowest BCUT2D eigenvalue weighted by Crippen LogP contribution is -2.15. The molecule has 0 aromatic heterocycles. The molecule has 1 unspecified atom stereocenters. The van der Waals surface area contributed by atoms with Crippen LogP contribution in [0.1, 0.15) is 25.5 Å². The van der Waals surface area contributed by atoms with E-state index in [-0.39, 0.29) is 0 Å². The highest BCUT2D eigenvalue weighted by Gasteiger charge is 2.19. The largest absolute Gasteiger partial charge is 0.479 e. The Bertz CT molecular complexity index is 364. The van der Waals surface area contributed by atoms with E-state index in [0.717, 1.165) is 5.57 Å². The van der Waals surface area contributed by atoms with Gasteiger partial charge in [-0.15, -0.1) is 0 Å². The zero-order valence-corrected chi connectivity index (χ0v) is 9.51. The van der Waals surface area contributed by atoms with Gasteiger partial charge in [-0.2, -0.15) is 0 Å². The highest BCUT2D eigenvalue weighted by atomic mass is 16.5. The van der Waals surface area contributed by atoms with Gasteiger partial charge in [-0.25, -0.2) is 4.79 Å². The summed E-state index contributed by atoms with van der Waals surface area (Å²) in [6.07, 6.45) is 0.968. The van der Waals surface area contributed by atoms with E-state index in [9.17, 15) is 4.79 Å². The molecule has 1 N–H and O–H groups in total. The Morgan fingerprint density at radius 3 is 2.50 bits per heavy atom. The highest BCUT2D eigenvalue weighted by Crippen LogP contribution is 2.17. The minimum atomic E-state index is -0.964. The molecule has 0 saturated heterocycles. The van der Waals surface area contributed by atoms with E-state index >= 15 is 0 Å². The zero-order valence-electron chi connectivity index (χ0n) is 9.51. The van der Waals surface area contributed by atoms with Crippen LogP contribution in [0.5, 0.6) is 0 Å². The van der Waals surface area contributed by atoms with E-state index in [0.29, 0.717) is 12.2 Å². The summed E-state index contributed by atoms with van der Waals surface area (Å²) in [5, 5.41) is 9.05. The van der Waals surface area contributed by atoms with Crippen LogP contribution in [0.15, 0.2) is 42.0 Å². The maximum absolute atomic E-state index is 11.0. The lowest BCUT2D eigenvalue weighted by Gasteiger charge is -2.12. The number of hydrogen-bond acceptors (Lipinski definition) is 2. The summed E-state index contributed by atoms with van der Waals surface area (Å²) >= 11 is 0. The van der Waals surface area contributed by atoms with E-state index in [4.69, 9.17) is 9.84 Å². The van der Waals surface area contributed by atoms with Gasteiger partial charge >= 0.3 is 5.97 Å². The molecule has 0 aliphatic carbocycles. The molecule has 0 radical (unpaired) electrons. The fourth-order valence-electron chi connectivity index (χ4n) is 1.25. The van der Waals surface area contributed by atoms with Gasteiger partial charge in [0, 0.05) is 0 Å². The van der Waals surface area contributed by atoms with E-state index in [1.807, 2.05) is 26.0 Å². The predicted octanol–water partition coefficient (Wildman–Crippen LogP) is 2.80. The van der Waals surface area contributed by atoms with Crippen molar-refractivity contribution in [2.24, 2.45) is 0 Å². The first kappa shape index (κ1) is 12.5. The van der Waals surface area contributed by atoms with Crippen molar-refractivity contribution in [3.63, 3.8) is 0 Å². The normalized spacial score (nSPS) is 11.9. The van der Waals surface area contributed by atoms with Crippen LogP contribution < -0.4 is 0 Å².